The Morgan fingerprint density at radius 2 is 1.68 bits per heavy atom. The Kier molecular flexibility index (Phi) is 9.77. The van der Waals surface area contributed by atoms with E-state index in [0.717, 1.165) is 11.1 Å². The molecule has 0 bridgehead atoms. The molecule has 1 unspecified atom stereocenters. The monoisotopic (exact) mass is 424 g/mol. The second-order valence-electron chi connectivity index (χ2n) is 6.79. The molecule has 0 aromatic heterocycles. The van der Waals surface area contributed by atoms with E-state index in [0.29, 0.717) is 18.7 Å². The Morgan fingerprint density at radius 3 is 2.32 bits per heavy atom. The molecule has 0 saturated carbocycles. The number of benzene rings is 2. The molecule has 0 aliphatic rings. The van der Waals surface area contributed by atoms with Gasteiger partial charge in [-0.15, -0.1) is 0 Å². The van der Waals surface area contributed by atoms with Crippen LogP contribution in [-0.4, -0.2) is 44.0 Å². The number of methoxy groups -OCH3 is 1. The van der Waals surface area contributed by atoms with Crippen molar-refractivity contribution in [2.24, 2.45) is 0 Å². The number of hydrogen-bond acceptors (Lipinski definition) is 5. The van der Waals surface area contributed by atoms with E-state index in [1.54, 1.807) is 19.2 Å². The molecule has 164 valence electrons. The van der Waals surface area contributed by atoms with Crippen LogP contribution in [0, 0.1) is 0 Å². The number of ether oxygens (including phenoxy) is 1. The number of hydrogen-bond donors (Lipinski definition) is 4. The Morgan fingerprint density at radius 1 is 0.968 bits per heavy atom. The first kappa shape index (κ1) is 23.6. The minimum Gasteiger partial charge on any atom is -0.383 e. The number of carbonyl (C=O) groups is 3. The minimum absolute atomic E-state index is 0.00161. The molecule has 0 saturated heterocycles. The molecule has 0 fully saturated rings. The second kappa shape index (κ2) is 12.8. The fraction of sp³-hybridized carbons (Fsp3) is 0.261. The van der Waals surface area contributed by atoms with Crippen molar-refractivity contribution in [1.29, 1.82) is 0 Å². The third-order valence-corrected chi connectivity index (χ3v) is 4.31. The fourth-order valence-corrected chi connectivity index (χ4v) is 2.82. The van der Waals surface area contributed by atoms with E-state index in [-0.39, 0.29) is 24.9 Å². The lowest BCUT2D eigenvalue weighted by atomic mass is 10.1. The van der Waals surface area contributed by atoms with Crippen molar-refractivity contribution < 1.29 is 19.1 Å². The first-order valence-corrected chi connectivity index (χ1v) is 9.85. The molecule has 0 spiro atoms. The van der Waals surface area contributed by atoms with Crippen LogP contribution in [0.15, 0.2) is 67.4 Å². The van der Waals surface area contributed by atoms with Crippen LogP contribution in [0.3, 0.4) is 0 Å². The highest BCUT2D eigenvalue weighted by atomic mass is 16.5. The lowest BCUT2D eigenvalue weighted by Crippen LogP contribution is -2.51. The van der Waals surface area contributed by atoms with Gasteiger partial charge in [0.15, 0.2) is 0 Å². The van der Waals surface area contributed by atoms with Gasteiger partial charge < -0.3 is 26.0 Å². The Bertz CT molecular complexity index is 869. The smallest absolute Gasteiger partial charge is 0.243 e. The van der Waals surface area contributed by atoms with Gasteiger partial charge in [0.1, 0.15) is 6.04 Å². The van der Waals surface area contributed by atoms with Crippen LogP contribution >= 0.6 is 0 Å². The lowest BCUT2D eigenvalue weighted by molar-refractivity contribution is -0.129. The number of carbonyl (C=O) groups excluding carboxylic acids is 3. The number of amides is 3. The van der Waals surface area contributed by atoms with E-state index in [9.17, 15) is 14.4 Å². The highest BCUT2D eigenvalue weighted by molar-refractivity contribution is 5.96. The zero-order valence-corrected chi connectivity index (χ0v) is 17.5. The SMILES string of the molecule is C=CNCC(=O)NC(Cc1ccccc1)C(=O)NCC(=O)Nc1ccc(COC)cc1. The van der Waals surface area contributed by atoms with E-state index in [1.165, 1.54) is 6.20 Å². The quantitative estimate of drug-likeness (QED) is 0.411. The van der Waals surface area contributed by atoms with Crippen LogP contribution in [0.25, 0.3) is 0 Å². The van der Waals surface area contributed by atoms with Crippen LogP contribution in [0.5, 0.6) is 0 Å². The Labute approximate surface area is 182 Å². The van der Waals surface area contributed by atoms with Crippen LogP contribution in [0.2, 0.25) is 0 Å². The van der Waals surface area contributed by atoms with Crippen molar-refractivity contribution in [3.63, 3.8) is 0 Å². The number of rotatable bonds is 12. The maximum atomic E-state index is 12.7. The average Bonchev–Trinajstić information content (AvgIpc) is 2.78. The van der Waals surface area contributed by atoms with E-state index in [2.05, 4.69) is 27.8 Å². The third kappa shape index (κ3) is 8.71. The first-order chi connectivity index (χ1) is 15.0. The highest BCUT2D eigenvalue weighted by Crippen LogP contribution is 2.10. The van der Waals surface area contributed by atoms with Gasteiger partial charge in [-0.05, 0) is 29.5 Å². The second-order valence-corrected chi connectivity index (χ2v) is 6.79. The van der Waals surface area contributed by atoms with Crippen molar-refractivity contribution in [1.82, 2.24) is 16.0 Å². The summed E-state index contributed by atoms with van der Waals surface area (Å²) in [6.07, 6.45) is 1.70. The summed E-state index contributed by atoms with van der Waals surface area (Å²) in [4.78, 5) is 37.0. The standard InChI is InChI=1S/C23H28N4O4/c1-3-24-14-21(28)27-20(13-17-7-5-4-6-8-17)23(30)25-15-22(29)26-19-11-9-18(10-12-19)16-31-2/h3-12,20,24H,1,13-16H2,2H3,(H,25,30)(H,26,29)(H,27,28). The summed E-state index contributed by atoms with van der Waals surface area (Å²) in [5.41, 5.74) is 2.49. The predicted molar refractivity (Wildman–Crippen MR) is 119 cm³/mol. The molecule has 3 amide bonds. The molecule has 0 aliphatic heterocycles. The van der Waals surface area contributed by atoms with Gasteiger partial charge in [-0.3, -0.25) is 14.4 Å². The Balaban J connectivity index is 1.92. The fourth-order valence-electron chi connectivity index (χ4n) is 2.82. The van der Waals surface area contributed by atoms with Gasteiger partial charge in [-0.2, -0.15) is 0 Å². The molecule has 2 rings (SSSR count). The first-order valence-electron chi connectivity index (χ1n) is 9.85. The maximum Gasteiger partial charge on any atom is 0.243 e. The molecule has 2 aromatic carbocycles. The van der Waals surface area contributed by atoms with Crippen molar-refractivity contribution in [3.05, 3.63) is 78.5 Å². The molecule has 0 aliphatic carbocycles. The lowest BCUT2D eigenvalue weighted by Gasteiger charge is -2.19. The van der Waals surface area contributed by atoms with E-state index < -0.39 is 11.9 Å². The summed E-state index contributed by atoms with van der Waals surface area (Å²) in [6, 6.07) is 15.7. The molecule has 1 atom stereocenters. The van der Waals surface area contributed by atoms with Crippen LogP contribution < -0.4 is 21.3 Å². The molecular weight excluding hydrogens is 396 g/mol. The number of nitrogens with one attached hydrogen (secondary N) is 4. The molecule has 0 radical (unpaired) electrons. The van der Waals surface area contributed by atoms with E-state index >= 15 is 0 Å². The zero-order valence-electron chi connectivity index (χ0n) is 17.5. The van der Waals surface area contributed by atoms with Crippen LogP contribution in [0.4, 0.5) is 5.69 Å². The van der Waals surface area contributed by atoms with Crippen molar-refractivity contribution in [3.8, 4) is 0 Å². The maximum absolute atomic E-state index is 12.7. The van der Waals surface area contributed by atoms with Crippen molar-refractivity contribution in [2.45, 2.75) is 19.1 Å². The topological polar surface area (TPSA) is 109 Å². The normalized spacial score (nSPS) is 11.1. The van der Waals surface area contributed by atoms with Gasteiger partial charge in [-0.25, -0.2) is 0 Å². The minimum atomic E-state index is -0.817. The van der Waals surface area contributed by atoms with Crippen LogP contribution in [0.1, 0.15) is 11.1 Å². The summed E-state index contributed by atoms with van der Waals surface area (Å²) in [5, 5.41) is 10.7. The van der Waals surface area contributed by atoms with Gasteiger partial charge in [0.2, 0.25) is 17.7 Å². The van der Waals surface area contributed by atoms with E-state index in [4.69, 9.17) is 4.74 Å². The van der Waals surface area contributed by atoms with Gasteiger partial charge in [0.05, 0.1) is 19.7 Å². The van der Waals surface area contributed by atoms with Crippen molar-refractivity contribution >= 4 is 23.4 Å². The number of anilines is 1. The molecule has 8 nitrogen and oxygen atoms in total. The molecule has 31 heavy (non-hydrogen) atoms. The summed E-state index contributed by atoms with van der Waals surface area (Å²) >= 11 is 0. The van der Waals surface area contributed by atoms with E-state index in [1.807, 2.05) is 42.5 Å². The third-order valence-electron chi connectivity index (χ3n) is 4.31. The largest absolute Gasteiger partial charge is 0.383 e. The van der Waals surface area contributed by atoms with Gasteiger partial charge in [-0.1, -0.05) is 49.0 Å². The molecule has 8 heteroatoms. The summed E-state index contributed by atoms with van der Waals surface area (Å²) in [5.74, 6) is -1.16. The molecular formula is C23H28N4O4. The van der Waals surface area contributed by atoms with Crippen molar-refractivity contribution in [2.75, 3.05) is 25.5 Å². The Hall–Kier alpha value is -3.65. The predicted octanol–water partition coefficient (Wildman–Crippen LogP) is 1.35. The molecule has 0 heterocycles. The average molecular weight is 425 g/mol. The summed E-state index contributed by atoms with van der Waals surface area (Å²) in [6.45, 7) is 3.76. The summed E-state index contributed by atoms with van der Waals surface area (Å²) < 4.78 is 5.05. The van der Waals surface area contributed by atoms with Gasteiger partial charge >= 0.3 is 0 Å². The molecule has 4 N–H and O–H groups in total. The van der Waals surface area contributed by atoms with Gasteiger partial charge in [0.25, 0.3) is 0 Å². The molecule has 2 aromatic rings. The van der Waals surface area contributed by atoms with Crippen LogP contribution in [-0.2, 0) is 32.1 Å². The highest BCUT2D eigenvalue weighted by Gasteiger charge is 2.21. The summed E-state index contributed by atoms with van der Waals surface area (Å²) in [7, 11) is 1.61. The van der Waals surface area contributed by atoms with Gasteiger partial charge in [0, 0.05) is 19.2 Å². The zero-order chi connectivity index (χ0) is 22.5.